The van der Waals surface area contributed by atoms with Gasteiger partial charge in [0.05, 0.1) is 0 Å². The highest BCUT2D eigenvalue weighted by atomic mass is 16.3. The van der Waals surface area contributed by atoms with E-state index in [4.69, 9.17) is 0 Å². The number of hydrogen-bond donors (Lipinski definition) is 2. The second kappa shape index (κ2) is 9.38. The van der Waals surface area contributed by atoms with Gasteiger partial charge in [-0.15, -0.1) is 13.2 Å². The molecule has 2 aromatic rings. The summed E-state index contributed by atoms with van der Waals surface area (Å²) in [6, 6.07) is 9.66. The number of allylic oxidation sites excluding steroid dienone is 4. The largest absolute Gasteiger partial charge is 0.507 e. The van der Waals surface area contributed by atoms with E-state index in [1.54, 1.807) is 6.07 Å². The van der Waals surface area contributed by atoms with Crippen LogP contribution in [0, 0.1) is 11.8 Å². The van der Waals surface area contributed by atoms with Gasteiger partial charge in [0.25, 0.3) is 0 Å². The molecule has 30 heavy (non-hydrogen) atoms. The van der Waals surface area contributed by atoms with E-state index in [0.717, 1.165) is 36.0 Å². The average molecular weight is 403 g/mol. The van der Waals surface area contributed by atoms with Gasteiger partial charge < -0.3 is 10.2 Å². The molecule has 0 spiro atoms. The van der Waals surface area contributed by atoms with Gasteiger partial charge >= 0.3 is 0 Å². The zero-order valence-corrected chi connectivity index (χ0v) is 18.5. The number of benzene rings is 2. The van der Waals surface area contributed by atoms with E-state index in [2.05, 4.69) is 46.1 Å². The van der Waals surface area contributed by atoms with Gasteiger partial charge in [-0.25, -0.2) is 0 Å². The molecule has 1 aliphatic rings. The third-order valence-corrected chi connectivity index (χ3v) is 6.32. The third-order valence-electron chi connectivity index (χ3n) is 6.32. The summed E-state index contributed by atoms with van der Waals surface area (Å²) in [6.45, 7) is 14.4. The maximum atomic E-state index is 11.4. The van der Waals surface area contributed by atoms with Crippen molar-refractivity contribution in [2.45, 2.75) is 52.4 Å². The van der Waals surface area contributed by atoms with E-state index in [1.807, 2.05) is 30.4 Å². The van der Waals surface area contributed by atoms with Crippen molar-refractivity contribution in [3.8, 4) is 22.6 Å². The Hall–Kier alpha value is -2.74. The maximum Gasteiger partial charge on any atom is 0.127 e. The fourth-order valence-corrected chi connectivity index (χ4v) is 4.71. The molecule has 0 saturated heterocycles. The van der Waals surface area contributed by atoms with Gasteiger partial charge in [0, 0.05) is 22.6 Å². The Morgan fingerprint density at radius 3 is 2.33 bits per heavy atom. The second-order valence-electron chi connectivity index (χ2n) is 8.90. The summed E-state index contributed by atoms with van der Waals surface area (Å²) in [6.07, 6.45) is 9.74. The van der Waals surface area contributed by atoms with E-state index in [-0.39, 0.29) is 17.4 Å². The highest BCUT2D eigenvalue weighted by molar-refractivity contribution is 5.78. The molecule has 0 aliphatic heterocycles. The lowest BCUT2D eigenvalue weighted by molar-refractivity contribution is 0.310. The van der Waals surface area contributed by atoms with Gasteiger partial charge in [-0.1, -0.05) is 49.8 Å². The van der Waals surface area contributed by atoms with Gasteiger partial charge in [-0.2, -0.15) is 0 Å². The molecule has 2 aromatic carbocycles. The number of phenols is 2. The fraction of sp³-hybridized carbons (Fsp3) is 0.357. The summed E-state index contributed by atoms with van der Waals surface area (Å²) in [7, 11) is 0. The Balaban J connectivity index is 2.22. The number of hydrogen-bond acceptors (Lipinski definition) is 2. The van der Waals surface area contributed by atoms with E-state index < -0.39 is 0 Å². The average Bonchev–Trinajstić information content (AvgIpc) is 2.71. The lowest BCUT2D eigenvalue weighted by Gasteiger charge is -2.34. The predicted octanol–water partition coefficient (Wildman–Crippen LogP) is 7.32. The molecule has 0 aromatic heterocycles. The Kier molecular flexibility index (Phi) is 6.87. The van der Waals surface area contributed by atoms with Crippen LogP contribution in [0.25, 0.3) is 11.1 Å². The third kappa shape index (κ3) is 4.53. The number of aromatic hydroxyl groups is 2. The molecule has 2 atom stereocenters. The minimum Gasteiger partial charge on any atom is -0.507 e. The monoisotopic (exact) mass is 402 g/mol. The van der Waals surface area contributed by atoms with Gasteiger partial charge in [0.1, 0.15) is 11.5 Å². The van der Waals surface area contributed by atoms with Gasteiger partial charge in [0.2, 0.25) is 0 Å². The summed E-state index contributed by atoms with van der Waals surface area (Å²) in [4.78, 5) is 0. The van der Waals surface area contributed by atoms with Crippen LogP contribution in [-0.4, -0.2) is 10.2 Å². The Morgan fingerprint density at radius 1 is 1.00 bits per heavy atom. The van der Waals surface area contributed by atoms with Crippen LogP contribution in [0.3, 0.4) is 0 Å². The molecule has 0 saturated carbocycles. The van der Waals surface area contributed by atoms with Crippen LogP contribution in [0.4, 0.5) is 0 Å². The van der Waals surface area contributed by atoms with Crippen molar-refractivity contribution in [1.29, 1.82) is 0 Å². The second-order valence-corrected chi connectivity index (χ2v) is 8.90. The van der Waals surface area contributed by atoms with Crippen molar-refractivity contribution in [3.63, 3.8) is 0 Å². The van der Waals surface area contributed by atoms with Crippen LogP contribution in [-0.2, 0) is 12.8 Å². The Bertz CT molecular complexity index is 965. The summed E-state index contributed by atoms with van der Waals surface area (Å²) >= 11 is 0. The molecule has 0 fully saturated rings. The normalized spacial score (nSPS) is 18.9. The summed E-state index contributed by atoms with van der Waals surface area (Å²) in [5, 5.41) is 22.0. The zero-order chi connectivity index (χ0) is 21.8. The molecule has 0 heterocycles. The molecule has 0 bridgehead atoms. The van der Waals surface area contributed by atoms with Crippen LogP contribution < -0.4 is 0 Å². The first-order valence-electron chi connectivity index (χ1n) is 10.9. The number of rotatable bonds is 7. The van der Waals surface area contributed by atoms with E-state index in [1.165, 1.54) is 5.57 Å². The van der Waals surface area contributed by atoms with Crippen molar-refractivity contribution in [2.24, 2.45) is 11.8 Å². The quantitative estimate of drug-likeness (QED) is 0.476. The summed E-state index contributed by atoms with van der Waals surface area (Å²) < 4.78 is 0. The molecule has 2 nitrogen and oxygen atoms in total. The van der Waals surface area contributed by atoms with Gasteiger partial charge in [0.15, 0.2) is 0 Å². The Morgan fingerprint density at radius 2 is 1.67 bits per heavy atom. The molecular weight excluding hydrogens is 368 g/mol. The molecule has 2 N–H and O–H groups in total. The summed E-state index contributed by atoms with van der Waals surface area (Å²) in [5.74, 6) is 1.62. The molecule has 3 rings (SSSR count). The highest BCUT2D eigenvalue weighted by Gasteiger charge is 2.30. The molecule has 1 aliphatic carbocycles. The van der Waals surface area contributed by atoms with Crippen LogP contribution in [0.5, 0.6) is 11.5 Å². The maximum absolute atomic E-state index is 11.4. The van der Waals surface area contributed by atoms with Crippen LogP contribution in [0.1, 0.15) is 56.2 Å². The lowest BCUT2D eigenvalue weighted by Crippen LogP contribution is -2.21. The minimum absolute atomic E-state index is 0.167. The van der Waals surface area contributed by atoms with Crippen LogP contribution >= 0.6 is 0 Å². The molecule has 0 unspecified atom stereocenters. The van der Waals surface area contributed by atoms with Crippen molar-refractivity contribution in [3.05, 3.63) is 84.0 Å². The zero-order valence-electron chi connectivity index (χ0n) is 18.5. The molecule has 0 radical (unpaired) electrons. The van der Waals surface area contributed by atoms with E-state index in [9.17, 15) is 10.2 Å². The van der Waals surface area contributed by atoms with Crippen molar-refractivity contribution in [1.82, 2.24) is 0 Å². The van der Waals surface area contributed by atoms with Crippen molar-refractivity contribution < 1.29 is 10.2 Å². The first kappa shape index (κ1) is 22.0. The fourth-order valence-electron chi connectivity index (χ4n) is 4.71. The van der Waals surface area contributed by atoms with Crippen LogP contribution in [0.2, 0.25) is 0 Å². The van der Waals surface area contributed by atoms with E-state index >= 15 is 0 Å². The Labute approximate surface area is 181 Å². The molecule has 2 heteroatoms. The van der Waals surface area contributed by atoms with Gasteiger partial charge in [-0.3, -0.25) is 0 Å². The van der Waals surface area contributed by atoms with Crippen LogP contribution in [0.15, 0.2) is 67.3 Å². The first-order chi connectivity index (χ1) is 14.3. The molecule has 158 valence electrons. The number of phenolic OH excluding ortho intramolecular Hbond substituents is 2. The standard InChI is InChI=1S/C28H34O2/c1-6-8-20-11-13-27(29)24(15-20)26-17-21(9-7-2)16-25(28(26)30)23-14-19(5)10-12-22(23)18(3)4/h6-7,11,13-18,22-23,29-30H,1-2,8-10,12H2,3-5H3/t22-,23+/m1/s1. The van der Waals surface area contributed by atoms with Crippen molar-refractivity contribution in [2.75, 3.05) is 0 Å². The predicted molar refractivity (Wildman–Crippen MR) is 127 cm³/mol. The lowest BCUT2D eigenvalue weighted by atomic mass is 9.71. The summed E-state index contributed by atoms with van der Waals surface area (Å²) in [5.41, 5.74) is 5.84. The minimum atomic E-state index is 0.167. The molecule has 0 amide bonds. The first-order valence-corrected chi connectivity index (χ1v) is 10.9. The van der Waals surface area contributed by atoms with Crippen molar-refractivity contribution >= 4 is 0 Å². The molecular formula is C28H34O2. The topological polar surface area (TPSA) is 40.5 Å². The SMILES string of the molecule is C=CCc1ccc(O)c(-c2cc(CC=C)cc([C@H]3C=C(C)CC[C@@H]3C(C)C)c2O)c1. The van der Waals surface area contributed by atoms with E-state index in [0.29, 0.717) is 29.4 Å². The highest BCUT2D eigenvalue weighted by Crippen LogP contribution is 2.47. The van der Waals surface area contributed by atoms with Gasteiger partial charge in [-0.05, 0) is 73.8 Å². The smallest absolute Gasteiger partial charge is 0.127 e.